The lowest BCUT2D eigenvalue weighted by molar-refractivity contribution is 0.304. The van der Waals surface area contributed by atoms with Gasteiger partial charge in [-0.1, -0.05) is 12.8 Å². The Balaban J connectivity index is 1.87. The van der Waals surface area contributed by atoms with E-state index in [-0.39, 0.29) is 0 Å². The molecule has 1 aliphatic carbocycles. The zero-order valence-electron chi connectivity index (χ0n) is 8.00. The van der Waals surface area contributed by atoms with Gasteiger partial charge in [-0.2, -0.15) is 0 Å². The van der Waals surface area contributed by atoms with Gasteiger partial charge in [-0.15, -0.1) is 0 Å². The van der Waals surface area contributed by atoms with Crippen molar-refractivity contribution in [2.75, 3.05) is 12.3 Å². The highest BCUT2D eigenvalue weighted by molar-refractivity contribution is 14.1. The van der Waals surface area contributed by atoms with Gasteiger partial charge >= 0.3 is 0 Å². The highest BCUT2D eigenvalue weighted by atomic mass is 127. The number of benzene rings is 1. The number of nitrogen functional groups attached to an aromatic ring is 1. The van der Waals surface area contributed by atoms with Crippen molar-refractivity contribution in [1.82, 2.24) is 0 Å². The molecule has 1 aromatic carbocycles. The average Bonchev–Trinajstić information content (AvgIpc) is 2.92. The summed E-state index contributed by atoms with van der Waals surface area (Å²) in [4.78, 5) is 0. The Labute approximate surface area is 98.0 Å². The van der Waals surface area contributed by atoms with Crippen LogP contribution in [0.25, 0.3) is 0 Å². The minimum Gasteiger partial charge on any atom is -0.491 e. The van der Waals surface area contributed by atoms with E-state index in [2.05, 4.69) is 22.6 Å². The third kappa shape index (κ3) is 2.77. The van der Waals surface area contributed by atoms with Crippen LogP contribution in [-0.2, 0) is 0 Å². The number of anilines is 1. The molecule has 0 heterocycles. The standard InChI is InChI=1S/C11H14INO/c12-9-3-4-11(10(13)7-9)14-6-5-8-1-2-8/h3-4,7-8H,1-2,5-6,13H2. The Morgan fingerprint density at radius 3 is 2.86 bits per heavy atom. The first kappa shape index (κ1) is 10.1. The molecular formula is C11H14INO. The lowest BCUT2D eigenvalue weighted by Crippen LogP contribution is -2.01. The van der Waals surface area contributed by atoms with Gasteiger partial charge in [0.15, 0.2) is 0 Å². The van der Waals surface area contributed by atoms with E-state index in [0.29, 0.717) is 0 Å². The summed E-state index contributed by atoms with van der Waals surface area (Å²) in [5.41, 5.74) is 6.57. The summed E-state index contributed by atoms with van der Waals surface area (Å²) in [5, 5.41) is 0. The second kappa shape index (κ2) is 4.38. The molecule has 2 rings (SSSR count). The molecule has 0 radical (unpaired) electrons. The molecule has 0 saturated heterocycles. The van der Waals surface area contributed by atoms with Gasteiger partial charge in [0, 0.05) is 3.57 Å². The van der Waals surface area contributed by atoms with Crippen molar-refractivity contribution in [1.29, 1.82) is 0 Å². The Morgan fingerprint density at radius 1 is 1.43 bits per heavy atom. The smallest absolute Gasteiger partial charge is 0.142 e. The predicted molar refractivity (Wildman–Crippen MR) is 66.4 cm³/mol. The summed E-state index contributed by atoms with van der Waals surface area (Å²) in [6, 6.07) is 5.90. The average molecular weight is 303 g/mol. The third-order valence-electron chi connectivity index (χ3n) is 2.45. The second-order valence-electron chi connectivity index (χ2n) is 3.76. The molecule has 0 spiro atoms. The van der Waals surface area contributed by atoms with E-state index < -0.39 is 0 Å². The van der Waals surface area contributed by atoms with Crippen molar-refractivity contribution in [3.63, 3.8) is 0 Å². The fourth-order valence-corrected chi connectivity index (χ4v) is 1.91. The van der Waals surface area contributed by atoms with Crippen molar-refractivity contribution in [2.45, 2.75) is 19.3 Å². The zero-order valence-corrected chi connectivity index (χ0v) is 10.2. The maximum atomic E-state index is 5.82. The Kier molecular flexibility index (Phi) is 3.15. The van der Waals surface area contributed by atoms with Gasteiger partial charge in [-0.05, 0) is 53.1 Å². The van der Waals surface area contributed by atoms with Crippen molar-refractivity contribution in [3.05, 3.63) is 21.8 Å². The second-order valence-corrected chi connectivity index (χ2v) is 5.01. The number of hydrogen-bond donors (Lipinski definition) is 1. The van der Waals surface area contributed by atoms with Gasteiger partial charge in [0.1, 0.15) is 5.75 Å². The van der Waals surface area contributed by atoms with Crippen LogP contribution in [0.5, 0.6) is 5.75 Å². The molecule has 0 aromatic heterocycles. The molecular weight excluding hydrogens is 289 g/mol. The Hall–Kier alpha value is -0.450. The van der Waals surface area contributed by atoms with E-state index in [9.17, 15) is 0 Å². The van der Waals surface area contributed by atoms with Gasteiger partial charge in [0.05, 0.1) is 12.3 Å². The molecule has 3 heteroatoms. The third-order valence-corrected chi connectivity index (χ3v) is 3.12. The van der Waals surface area contributed by atoms with E-state index in [1.807, 2.05) is 18.2 Å². The van der Waals surface area contributed by atoms with Crippen LogP contribution in [0.1, 0.15) is 19.3 Å². The normalized spacial score (nSPS) is 15.5. The van der Waals surface area contributed by atoms with Gasteiger partial charge in [-0.25, -0.2) is 0 Å². The van der Waals surface area contributed by atoms with Crippen molar-refractivity contribution < 1.29 is 4.74 Å². The molecule has 2 N–H and O–H groups in total. The van der Waals surface area contributed by atoms with Gasteiger partial charge in [-0.3, -0.25) is 0 Å². The molecule has 2 nitrogen and oxygen atoms in total. The van der Waals surface area contributed by atoms with E-state index >= 15 is 0 Å². The van der Waals surface area contributed by atoms with Gasteiger partial charge < -0.3 is 10.5 Å². The first-order chi connectivity index (χ1) is 6.75. The van der Waals surface area contributed by atoms with Crippen LogP contribution < -0.4 is 10.5 Å². The lowest BCUT2D eigenvalue weighted by atomic mass is 10.3. The molecule has 1 aliphatic rings. The van der Waals surface area contributed by atoms with Crippen LogP contribution in [0, 0.1) is 9.49 Å². The predicted octanol–water partition coefficient (Wildman–Crippen LogP) is 3.05. The molecule has 0 aliphatic heterocycles. The molecule has 76 valence electrons. The van der Waals surface area contributed by atoms with Crippen LogP contribution in [0.2, 0.25) is 0 Å². The fraction of sp³-hybridized carbons (Fsp3) is 0.455. The Bertz CT molecular complexity index is 323. The van der Waals surface area contributed by atoms with Crippen LogP contribution >= 0.6 is 22.6 Å². The molecule has 0 bridgehead atoms. The SMILES string of the molecule is Nc1cc(I)ccc1OCCC1CC1. The zero-order chi connectivity index (χ0) is 9.97. The first-order valence-corrected chi connectivity index (χ1v) is 6.01. The van der Waals surface area contributed by atoms with Crippen molar-refractivity contribution in [3.8, 4) is 5.75 Å². The van der Waals surface area contributed by atoms with E-state index in [4.69, 9.17) is 10.5 Å². The number of halogens is 1. The number of ether oxygens (including phenoxy) is 1. The monoisotopic (exact) mass is 303 g/mol. The quantitative estimate of drug-likeness (QED) is 0.685. The van der Waals surface area contributed by atoms with Crippen LogP contribution in [0.15, 0.2) is 18.2 Å². The minimum absolute atomic E-state index is 0.743. The molecule has 1 saturated carbocycles. The molecule has 14 heavy (non-hydrogen) atoms. The molecule has 0 atom stereocenters. The minimum atomic E-state index is 0.743. The number of hydrogen-bond acceptors (Lipinski definition) is 2. The van der Waals surface area contributed by atoms with Gasteiger partial charge in [0.25, 0.3) is 0 Å². The maximum absolute atomic E-state index is 5.82. The Morgan fingerprint density at radius 2 is 2.21 bits per heavy atom. The van der Waals surface area contributed by atoms with Crippen LogP contribution in [0.4, 0.5) is 5.69 Å². The number of nitrogens with two attached hydrogens (primary N) is 1. The molecule has 1 fully saturated rings. The highest BCUT2D eigenvalue weighted by Gasteiger charge is 2.20. The van der Waals surface area contributed by atoms with E-state index in [1.165, 1.54) is 19.3 Å². The molecule has 0 unspecified atom stereocenters. The van der Waals surface area contributed by atoms with E-state index in [0.717, 1.165) is 27.5 Å². The fourth-order valence-electron chi connectivity index (χ4n) is 1.39. The summed E-state index contributed by atoms with van der Waals surface area (Å²) in [6.07, 6.45) is 3.93. The summed E-state index contributed by atoms with van der Waals surface area (Å²) < 4.78 is 6.76. The summed E-state index contributed by atoms with van der Waals surface area (Å²) in [6.45, 7) is 0.801. The van der Waals surface area contributed by atoms with Crippen molar-refractivity contribution in [2.24, 2.45) is 5.92 Å². The summed E-state index contributed by atoms with van der Waals surface area (Å²) >= 11 is 2.24. The molecule has 1 aromatic rings. The summed E-state index contributed by atoms with van der Waals surface area (Å²) in [7, 11) is 0. The molecule has 0 amide bonds. The van der Waals surface area contributed by atoms with Gasteiger partial charge in [0.2, 0.25) is 0 Å². The van der Waals surface area contributed by atoms with Crippen LogP contribution in [-0.4, -0.2) is 6.61 Å². The van der Waals surface area contributed by atoms with E-state index in [1.54, 1.807) is 0 Å². The maximum Gasteiger partial charge on any atom is 0.142 e. The lowest BCUT2D eigenvalue weighted by Gasteiger charge is -2.08. The topological polar surface area (TPSA) is 35.2 Å². The summed E-state index contributed by atoms with van der Waals surface area (Å²) in [5.74, 6) is 1.74. The van der Waals surface area contributed by atoms with Crippen LogP contribution in [0.3, 0.4) is 0 Å². The van der Waals surface area contributed by atoms with Crippen molar-refractivity contribution >= 4 is 28.3 Å². The highest BCUT2D eigenvalue weighted by Crippen LogP contribution is 2.32. The first-order valence-electron chi connectivity index (χ1n) is 4.93. The number of rotatable bonds is 4. The largest absolute Gasteiger partial charge is 0.491 e.